The molecule has 0 aliphatic rings. The summed E-state index contributed by atoms with van der Waals surface area (Å²) in [4.78, 5) is 0. The van der Waals surface area contributed by atoms with Crippen LogP contribution >= 0.6 is 0 Å². The topological polar surface area (TPSA) is 74.6 Å². The molecule has 4 nitrogen and oxygen atoms in total. The molecule has 0 amide bonds. The van der Waals surface area contributed by atoms with Gasteiger partial charge in [-0.15, -0.1) is 0 Å². The Morgan fingerprint density at radius 1 is 1.17 bits per heavy atom. The smallest absolute Gasteiger partial charge is 0.264 e. The van der Waals surface area contributed by atoms with Gasteiger partial charge in [-0.2, -0.15) is 8.42 Å². The molecule has 0 fully saturated rings. The fourth-order valence-corrected chi connectivity index (χ4v) is 0. The average Bonchev–Trinajstić information content (AvgIpc) is 0.722. The predicted octanol–water partition coefficient (Wildman–Crippen LogP) is -0.655. The van der Waals surface area contributed by atoms with Crippen LogP contribution in [0, 0.1) is 0 Å². The monoisotopic (exact) mass is 285 g/mol. The number of rotatable bonds is 0. The Balaban J connectivity index is 0. The van der Waals surface area contributed by atoms with Gasteiger partial charge < -0.3 is 0 Å². The summed E-state index contributed by atoms with van der Waals surface area (Å²) >= 11 is 0. The molecule has 0 rings (SSSR count). The fraction of sp³-hybridized carbons (Fsp3) is 0. The summed E-state index contributed by atoms with van der Waals surface area (Å²) < 4.78 is 31.6. The van der Waals surface area contributed by atoms with Gasteiger partial charge in [0, 0.05) is 20.4 Å². The Bertz CT molecular complexity index is 90.7. The summed E-state index contributed by atoms with van der Waals surface area (Å²) in [5, 5.41) is 0. The molecule has 1 radical (unpaired) electrons. The molecule has 0 aliphatic heterocycles. The van der Waals surface area contributed by atoms with Crippen molar-refractivity contribution in [3.05, 3.63) is 0 Å². The molecule has 0 spiro atoms. The molecular weight excluding hydrogens is 282 g/mol. The zero-order chi connectivity index (χ0) is 4.50. The minimum Gasteiger partial charge on any atom is -0.264 e. The van der Waals surface area contributed by atoms with Crippen LogP contribution in [0.25, 0.3) is 0 Å². The summed E-state index contributed by atoms with van der Waals surface area (Å²) in [6, 6.07) is 0. The standard InChI is InChI=1S/H2O4S.Re/c1-5(2,3)4;/h(H2,1,2,3,4);. The Morgan fingerprint density at radius 2 is 1.17 bits per heavy atom. The van der Waals surface area contributed by atoms with Gasteiger partial charge in [-0.3, -0.25) is 9.11 Å². The summed E-state index contributed by atoms with van der Waals surface area (Å²) in [5.74, 6) is 0. The third-order valence-corrected chi connectivity index (χ3v) is 0. The predicted molar refractivity (Wildman–Crippen MR) is 14.2 cm³/mol. The maximum atomic E-state index is 8.74. The van der Waals surface area contributed by atoms with Crippen molar-refractivity contribution < 1.29 is 37.9 Å². The van der Waals surface area contributed by atoms with Crippen molar-refractivity contribution in [3.8, 4) is 0 Å². The Kier molecular flexibility index (Phi) is 4.32. The summed E-state index contributed by atoms with van der Waals surface area (Å²) in [7, 11) is -4.67. The van der Waals surface area contributed by atoms with Crippen molar-refractivity contribution in [1.29, 1.82) is 0 Å². The van der Waals surface area contributed by atoms with Crippen molar-refractivity contribution in [1.82, 2.24) is 0 Å². The molecule has 2 N–H and O–H groups in total. The van der Waals surface area contributed by atoms with Crippen LogP contribution in [0.15, 0.2) is 0 Å². The van der Waals surface area contributed by atoms with Gasteiger partial charge in [-0.25, -0.2) is 0 Å². The van der Waals surface area contributed by atoms with Gasteiger partial charge >= 0.3 is 10.4 Å². The maximum Gasteiger partial charge on any atom is 0.394 e. The van der Waals surface area contributed by atoms with Gasteiger partial charge in [0.1, 0.15) is 0 Å². The zero-order valence-corrected chi connectivity index (χ0v) is 6.03. The quantitative estimate of drug-likeness (QED) is 0.579. The van der Waals surface area contributed by atoms with E-state index in [1.165, 1.54) is 0 Å². The minimum atomic E-state index is -4.67. The molecule has 0 saturated heterocycles. The van der Waals surface area contributed by atoms with E-state index in [1.54, 1.807) is 0 Å². The zero-order valence-electron chi connectivity index (χ0n) is 2.50. The summed E-state index contributed by atoms with van der Waals surface area (Å²) in [5.41, 5.74) is 0. The maximum absolute atomic E-state index is 8.74. The van der Waals surface area contributed by atoms with Crippen LogP contribution in [0.4, 0.5) is 0 Å². The number of hydrogen-bond acceptors (Lipinski definition) is 2. The Labute approximate surface area is 48.8 Å². The van der Waals surface area contributed by atoms with Crippen LogP contribution in [0.2, 0.25) is 0 Å². The average molecular weight is 284 g/mol. The fourth-order valence-electron chi connectivity index (χ4n) is 0. The summed E-state index contributed by atoms with van der Waals surface area (Å²) in [6.45, 7) is 0. The van der Waals surface area contributed by atoms with Crippen LogP contribution in [0.1, 0.15) is 0 Å². The second-order valence-electron chi connectivity index (χ2n) is 0.448. The molecule has 0 aliphatic carbocycles. The minimum absolute atomic E-state index is 0. The van der Waals surface area contributed by atoms with E-state index in [0.29, 0.717) is 0 Å². The van der Waals surface area contributed by atoms with Crippen LogP contribution in [0.5, 0.6) is 0 Å². The van der Waals surface area contributed by atoms with E-state index in [2.05, 4.69) is 0 Å². The van der Waals surface area contributed by atoms with E-state index < -0.39 is 10.4 Å². The first-order valence-electron chi connectivity index (χ1n) is 0.698. The molecule has 0 aromatic rings. The SMILES string of the molecule is O=S(=O)(O)O.[Re]. The van der Waals surface area contributed by atoms with Crippen LogP contribution in [-0.4, -0.2) is 17.5 Å². The molecule has 0 bridgehead atoms. The van der Waals surface area contributed by atoms with Crippen LogP contribution in [0.3, 0.4) is 0 Å². The van der Waals surface area contributed by atoms with Crippen molar-refractivity contribution >= 4 is 10.4 Å². The molecule has 0 heterocycles. The van der Waals surface area contributed by atoms with Gasteiger partial charge in [0.15, 0.2) is 0 Å². The van der Waals surface area contributed by atoms with E-state index in [-0.39, 0.29) is 20.4 Å². The molecule has 0 aromatic heterocycles. The van der Waals surface area contributed by atoms with E-state index >= 15 is 0 Å². The first-order chi connectivity index (χ1) is 2.00. The molecule has 39 valence electrons. The molecular formula is H2O4ReS. The third kappa shape index (κ3) is 200. The van der Waals surface area contributed by atoms with E-state index in [9.17, 15) is 0 Å². The molecule has 6 heteroatoms. The second-order valence-corrected chi connectivity index (χ2v) is 1.34. The Hall–Kier alpha value is 0.532. The molecule has 0 atom stereocenters. The molecule has 0 aromatic carbocycles. The van der Waals surface area contributed by atoms with Crippen molar-refractivity contribution in [3.63, 3.8) is 0 Å². The van der Waals surface area contributed by atoms with Gasteiger partial charge in [-0.1, -0.05) is 0 Å². The van der Waals surface area contributed by atoms with Crippen molar-refractivity contribution in [2.45, 2.75) is 0 Å². The molecule has 0 saturated carbocycles. The van der Waals surface area contributed by atoms with E-state index in [4.69, 9.17) is 17.5 Å². The normalized spacial score (nSPS) is 9.67. The van der Waals surface area contributed by atoms with Crippen molar-refractivity contribution in [2.75, 3.05) is 0 Å². The van der Waals surface area contributed by atoms with E-state index in [0.717, 1.165) is 0 Å². The van der Waals surface area contributed by atoms with Gasteiger partial charge in [-0.05, 0) is 0 Å². The molecule has 6 heavy (non-hydrogen) atoms. The Morgan fingerprint density at radius 3 is 1.17 bits per heavy atom. The van der Waals surface area contributed by atoms with Gasteiger partial charge in [0.05, 0.1) is 0 Å². The van der Waals surface area contributed by atoms with Gasteiger partial charge in [0.25, 0.3) is 0 Å². The van der Waals surface area contributed by atoms with Crippen LogP contribution < -0.4 is 0 Å². The van der Waals surface area contributed by atoms with E-state index in [1.807, 2.05) is 0 Å². The molecule has 0 unspecified atom stereocenters. The number of hydrogen-bond donors (Lipinski definition) is 2. The largest absolute Gasteiger partial charge is 0.394 e. The first kappa shape index (κ1) is 9.73. The first-order valence-corrected chi connectivity index (χ1v) is 2.10. The van der Waals surface area contributed by atoms with Crippen molar-refractivity contribution in [2.24, 2.45) is 0 Å². The van der Waals surface area contributed by atoms with Gasteiger partial charge in [0.2, 0.25) is 0 Å². The summed E-state index contributed by atoms with van der Waals surface area (Å²) in [6.07, 6.45) is 0. The van der Waals surface area contributed by atoms with Crippen LogP contribution in [-0.2, 0) is 30.8 Å². The second kappa shape index (κ2) is 2.66. The third-order valence-electron chi connectivity index (χ3n) is 0.